The second-order valence-electron chi connectivity index (χ2n) is 7.67. The third kappa shape index (κ3) is 7.25. The summed E-state index contributed by atoms with van der Waals surface area (Å²) in [5.41, 5.74) is 0.741. The van der Waals surface area contributed by atoms with Crippen LogP contribution in [-0.2, 0) is 26.2 Å². The SMILES string of the molecule is CCCNC(=O)[C@@H](C)N(Cc1ccccc1Cl)C(=O)CN(c1cc(Cl)ccc1OC)S(C)(=O)=O. The van der Waals surface area contributed by atoms with E-state index in [0.29, 0.717) is 17.1 Å². The zero-order chi connectivity index (χ0) is 25.5. The summed E-state index contributed by atoms with van der Waals surface area (Å²) >= 11 is 12.4. The van der Waals surface area contributed by atoms with Gasteiger partial charge in [-0.05, 0) is 43.2 Å². The molecule has 0 saturated carbocycles. The molecule has 0 bridgehead atoms. The molecule has 2 aromatic carbocycles. The lowest BCUT2D eigenvalue weighted by molar-refractivity contribution is -0.139. The Balaban J connectivity index is 2.46. The zero-order valence-electron chi connectivity index (χ0n) is 19.5. The fourth-order valence-electron chi connectivity index (χ4n) is 3.24. The number of methoxy groups -OCH3 is 1. The standard InChI is InChI=1S/C23H29Cl2N3O5S/c1-5-12-26-23(30)16(2)27(14-17-8-6-7-9-19(17)25)22(29)15-28(34(4,31)32)20-13-18(24)10-11-21(20)33-3/h6-11,13,16H,5,12,14-15H2,1-4H3,(H,26,30)/t16-/m1/s1. The Labute approximate surface area is 210 Å². The highest BCUT2D eigenvalue weighted by Crippen LogP contribution is 2.33. The van der Waals surface area contributed by atoms with Crippen molar-refractivity contribution < 1.29 is 22.7 Å². The summed E-state index contributed by atoms with van der Waals surface area (Å²) in [6.07, 6.45) is 1.71. The molecular formula is C23H29Cl2N3O5S. The lowest BCUT2D eigenvalue weighted by Crippen LogP contribution is -2.51. The van der Waals surface area contributed by atoms with E-state index in [9.17, 15) is 18.0 Å². The fraction of sp³-hybridized carbons (Fsp3) is 0.391. The molecule has 0 radical (unpaired) electrons. The van der Waals surface area contributed by atoms with Gasteiger partial charge in [0.15, 0.2) is 0 Å². The number of carbonyl (C=O) groups is 2. The number of amides is 2. The molecule has 0 unspecified atom stereocenters. The number of rotatable bonds is 11. The highest BCUT2D eigenvalue weighted by molar-refractivity contribution is 7.92. The smallest absolute Gasteiger partial charge is 0.244 e. The molecule has 0 heterocycles. The van der Waals surface area contributed by atoms with Crippen molar-refractivity contribution >= 4 is 50.7 Å². The van der Waals surface area contributed by atoms with Gasteiger partial charge in [0.25, 0.3) is 0 Å². The molecule has 1 atom stereocenters. The minimum Gasteiger partial charge on any atom is -0.495 e. The van der Waals surface area contributed by atoms with Crippen molar-refractivity contribution in [2.24, 2.45) is 0 Å². The van der Waals surface area contributed by atoms with Crippen LogP contribution in [0.5, 0.6) is 5.75 Å². The number of carbonyl (C=O) groups excluding carboxylic acids is 2. The van der Waals surface area contributed by atoms with Crippen molar-refractivity contribution in [3.8, 4) is 5.75 Å². The fourth-order valence-corrected chi connectivity index (χ4v) is 4.45. The van der Waals surface area contributed by atoms with Crippen molar-refractivity contribution in [1.82, 2.24) is 10.2 Å². The predicted molar refractivity (Wildman–Crippen MR) is 135 cm³/mol. The van der Waals surface area contributed by atoms with Crippen molar-refractivity contribution in [2.45, 2.75) is 32.9 Å². The van der Waals surface area contributed by atoms with Crippen molar-refractivity contribution in [3.05, 3.63) is 58.1 Å². The molecule has 2 aromatic rings. The van der Waals surface area contributed by atoms with Gasteiger partial charge >= 0.3 is 0 Å². The molecule has 0 aromatic heterocycles. The van der Waals surface area contributed by atoms with Gasteiger partial charge in [0.05, 0.1) is 19.1 Å². The van der Waals surface area contributed by atoms with E-state index in [-0.39, 0.29) is 28.9 Å². The van der Waals surface area contributed by atoms with Gasteiger partial charge in [0.2, 0.25) is 21.8 Å². The summed E-state index contributed by atoms with van der Waals surface area (Å²) in [6.45, 7) is 3.41. The van der Waals surface area contributed by atoms with Crippen LogP contribution in [-0.4, -0.2) is 57.6 Å². The van der Waals surface area contributed by atoms with Gasteiger partial charge in [-0.3, -0.25) is 13.9 Å². The minimum atomic E-state index is -3.92. The van der Waals surface area contributed by atoms with E-state index >= 15 is 0 Å². The summed E-state index contributed by atoms with van der Waals surface area (Å²) < 4.78 is 31.6. The van der Waals surface area contributed by atoms with Gasteiger partial charge in [-0.15, -0.1) is 0 Å². The number of hydrogen-bond donors (Lipinski definition) is 1. The van der Waals surface area contributed by atoms with Gasteiger partial charge in [-0.1, -0.05) is 48.3 Å². The van der Waals surface area contributed by atoms with Crippen LogP contribution in [0.1, 0.15) is 25.8 Å². The van der Waals surface area contributed by atoms with E-state index in [0.717, 1.165) is 17.0 Å². The largest absolute Gasteiger partial charge is 0.495 e. The Hall–Kier alpha value is -2.49. The topological polar surface area (TPSA) is 96.0 Å². The Morgan fingerprint density at radius 1 is 1.15 bits per heavy atom. The van der Waals surface area contributed by atoms with Crippen LogP contribution in [0, 0.1) is 0 Å². The first kappa shape index (κ1) is 27.8. The number of benzene rings is 2. The number of nitrogens with one attached hydrogen (secondary N) is 1. The van der Waals surface area contributed by atoms with Gasteiger partial charge in [-0.25, -0.2) is 8.42 Å². The predicted octanol–water partition coefficient (Wildman–Crippen LogP) is 3.71. The van der Waals surface area contributed by atoms with Gasteiger partial charge in [-0.2, -0.15) is 0 Å². The maximum absolute atomic E-state index is 13.5. The van der Waals surface area contributed by atoms with Crippen molar-refractivity contribution in [3.63, 3.8) is 0 Å². The molecule has 0 aliphatic carbocycles. The first-order valence-corrected chi connectivity index (χ1v) is 13.2. The molecule has 1 N–H and O–H groups in total. The summed E-state index contributed by atoms with van der Waals surface area (Å²) in [5.74, 6) is -0.714. The Bertz CT molecular complexity index is 1130. The monoisotopic (exact) mass is 529 g/mol. The number of halogens is 2. The van der Waals surface area contributed by atoms with Crippen LogP contribution in [0.3, 0.4) is 0 Å². The molecule has 2 rings (SSSR count). The van der Waals surface area contributed by atoms with E-state index in [1.165, 1.54) is 24.1 Å². The third-order valence-electron chi connectivity index (χ3n) is 5.10. The molecule has 8 nitrogen and oxygen atoms in total. The van der Waals surface area contributed by atoms with Gasteiger partial charge in [0.1, 0.15) is 18.3 Å². The Morgan fingerprint density at radius 3 is 2.41 bits per heavy atom. The average molecular weight is 530 g/mol. The second kappa shape index (κ2) is 12.3. The molecule has 0 fully saturated rings. The van der Waals surface area contributed by atoms with Crippen LogP contribution in [0.25, 0.3) is 0 Å². The van der Waals surface area contributed by atoms with Gasteiger partial charge in [0, 0.05) is 23.1 Å². The molecule has 0 aliphatic heterocycles. The Morgan fingerprint density at radius 2 is 1.82 bits per heavy atom. The first-order chi connectivity index (χ1) is 16.0. The lowest BCUT2D eigenvalue weighted by atomic mass is 10.1. The molecule has 186 valence electrons. The maximum Gasteiger partial charge on any atom is 0.244 e. The van der Waals surface area contributed by atoms with Crippen LogP contribution in [0.2, 0.25) is 10.0 Å². The van der Waals surface area contributed by atoms with Crippen LogP contribution in [0.15, 0.2) is 42.5 Å². The summed E-state index contributed by atoms with van der Waals surface area (Å²) in [7, 11) is -2.53. The number of anilines is 1. The molecule has 11 heteroatoms. The zero-order valence-corrected chi connectivity index (χ0v) is 21.9. The minimum absolute atomic E-state index is 0.0174. The highest BCUT2D eigenvalue weighted by Gasteiger charge is 2.31. The molecule has 34 heavy (non-hydrogen) atoms. The number of hydrogen-bond acceptors (Lipinski definition) is 5. The van der Waals surface area contributed by atoms with E-state index in [4.69, 9.17) is 27.9 Å². The quantitative estimate of drug-likeness (QED) is 0.478. The molecule has 2 amide bonds. The molecule has 0 aliphatic rings. The van der Waals surface area contributed by atoms with Gasteiger partial charge < -0.3 is 15.0 Å². The van der Waals surface area contributed by atoms with E-state index < -0.39 is 28.5 Å². The third-order valence-corrected chi connectivity index (χ3v) is 6.83. The number of ether oxygens (including phenoxy) is 1. The average Bonchev–Trinajstić information content (AvgIpc) is 2.79. The maximum atomic E-state index is 13.5. The lowest BCUT2D eigenvalue weighted by Gasteiger charge is -2.32. The summed E-state index contributed by atoms with van der Waals surface area (Å²) in [4.78, 5) is 27.5. The van der Waals surface area contributed by atoms with Crippen LogP contribution < -0.4 is 14.4 Å². The molecular weight excluding hydrogens is 501 g/mol. The van der Waals surface area contributed by atoms with Crippen LogP contribution in [0.4, 0.5) is 5.69 Å². The number of sulfonamides is 1. The summed E-state index contributed by atoms with van der Waals surface area (Å²) in [6, 6.07) is 10.5. The second-order valence-corrected chi connectivity index (χ2v) is 10.4. The number of nitrogens with zero attached hydrogens (tertiary/aromatic N) is 2. The molecule has 0 saturated heterocycles. The van der Waals surface area contributed by atoms with Crippen molar-refractivity contribution in [2.75, 3.05) is 30.8 Å². The van der Waals surface area contributed by atoms with Crippen LogP contribution >= 0.6 is 23.2 Å². The molecule has 0 spiro atoms. The van der Waals surface area contributed by atoms with E-state index in [2.05, 4.69) is 5.32 Å². The first-order valence-electron chi connectivity index (χ1n) is 10.6. The Kier molecular flexibility index (Phi) is 10.0. The van der Waals surface area contributed by atoms with E-state index in [1.54, 1.807) is 37.3 Å². The van der Waals surface area contributed by atoms with E-state index in [1.807, 2.05) is 6.92 Å². The highest BCUT2D eigenvalue weighted by atomic mass is 35.5. The van der Waals surface area contributed by atoms with Crippen molar-refractivity contribution in [1.29, 1.82) is 0 Å². The summed E-state index contributed by atoms with van der Waals surface area (Å²) in [5, 5.41) is 3.48. The normalized spacial score (nSPS) is 12.1.